The first-order chi connectivity index (χ1) is 11.7. The highest BCUT2D eigenvalue weighted by Crippen LogP contribution is 2.21. The van der Waals surface area contributed by atoms with E-state index >= 15 is 0 Å². The number of carboxylic acid groups (broad SMARTS) is 1. The highest BCUT2D eigenvalue weighted by molar-refractivity contribution is 5.79. The molecule has 0 amide bonds. The van der Waals surface area contributed by atoms with Gasteiger partial charge in [0.05, 0.1) is 6.42 Å². The van der Waals surface area contributed by atoms with Crippen LogP contribution in [0, 0.1) is 22.0 Å². The zero-order valence-corrected chi connectivity index (χ0v) is 14.1. The summed E-state index contributed by atoms with van der Waals surface area (Å²) in [4.78, 5) is 37.6. The molecule has 0 aromatic heterocycles. The number of hydrogen-bond acceptors (Lipinski definition) is 7. The van der Waals surface area contributed by atoms with Crippen LogP contribution in [0.25, 0.3) is 0 Å². The van der Waals surface area contributed by atoms with Crippen molar-refractivity contribution in [3.05, 3.63) is 39.9 Å². The van der Waals surface area contributed by atoms with Crippen molar-refractivity contribution in [3.8, 4) is 5.75 Å². The molecule has 1 unspecified atom stereocenters. The molecule has 0 spiro atoms. The van der Waals surface area contributed by atoms with Gasteiger partial charge in [-0.3, -0.25) is 4.79 Å². The Bertz CT molecular complexity index is 618. The van der Waals surface area contributed by atoms with E-state index in [9.17, 15) is 19.7 Å². The van der Waals surface area contributed by atoms with Gasteiger partial charge in [-0.2, -0.15) is 0 Å². The van der Waals surface area contributed by atoms with E-state index in [0.29, 0.717) is 12.0 Å². The normalized spacial score (nSPS) is 13.1. The van der Waals surface area contributed by atoms with Crippen LogP contribution in [-0.4, -0.2) is 28.2 Å². The number of nitrogens with two attached hydrogens (primary N) is 1. The Labute approximate surface area is 144 Å². The summed E-state index contributed by atoms with van der Waals surface area (Å²) in [7, 11) is 0. The highest BCUT2D eigenvalue weighted by atomic mass is 16.9. The van der Waals surface area contributed by atoms with E-state index in [4.69, 9.17) is 15.6 Å². The van der Waals surface area contributed by atoms with E-state index < -0.39 is 29.0 Å². The first-order valence-corrected chi connectivity index (χ1v) is 7.74. The van der Waals surface area contributed by atoms with Gasteiger partial charge < -0.3 is 20.4 Å². The quantitative estimate of drug-likeness (QED) is 0.280. The summed E-state index contributed by atoms with van der Waals surface area (Å²) in [6.07, 6.45) is 0.241. The minimum atomic E-state index is -1.09. The minimum absolute atomic E-state index is 0.156. The van der Waals surface area contributed by atoms with E-state index in [1.807, 2.05) is 13.8 Å². The number of nitrogens with zero attached hydrogens (tertiary/aromatic N) is 1. The van der Waals surface area contributed by atoms with Crippen LogP contribution < -0.4 is 10.5 Å². The third-order valence-corrected chi connectivity index (χ3v) is 3.44. The zero-order valence-electron chi connectivity index (χ0n) is 14.1. The van der Waals surface area contributed by atoms with Gasteiger partial charge in [0.1, 0.15) is 18.4 Å². The van der Waals surface area contributed by atoms with Gasteiger partial charge in [-0.1, -0.05) is 26.0 Å². The SMILES string of the molecule is CC(C)CC(CC(=O)O)[C@H](N)C(=O)Oc1cccc(CO[N+](=O)[O-])c1. The predicted molar refractivity (Wildman–Crippen MR) is 87.0 cm³/mol. The summed E-state index contributed by atoms with van der Waals surface area (Å²) >= 11 is 0. The Morgan fingerprint density at radius 2 is 2.04 bits per heavy atom. The molecule has 0 heterocycles. The van der Waals surface area contributed by atoms with Gasteiger partial charge in [0.15, 0.2) is 0 Å². The number of carbonyl (C=O) groups excluding carboxylic acids is 1. The van der Waals surface area contributed by atoms with Crippen LogP contribution >= 0.6 is 0 Å². The van der Waals surface area contributed by atoms with Crippen molar-refractivity contribution in [2.45, 2.75) is 39.3 Å². The van der Waals surface area contributed by atoms with Gasteiger partial charge in [0.2, 0.25) is 0 Å². The number of hydrogen-bond donors (Lipinski definition) is 2. The molecule has 138 valence electrons. The summed E-state index contributed by atoms with van der Waals surface area (Å²) < 4.78 is 5.19. The number of esters is 1. The first-order valence-electron chi connectivity index (χ1n) is 7.74. The summed E-state index contributed by atoms with van der Waals surface area (Å²) in [6.45, 7) is 3.54. The van der Waals surface area contributed by atoms with Gasteiger partial charge in [-0.05, 0) is 36.0 Å². The Morgan fingerprint density at radius 1 is 1.36 bits per heavy atom. The Hall–Kier alpha value is -2.68. The summed E-state index contributed by atoms with van der Waals surface area (Å²) in [5.74, 6) is -2.01. The molecule has 0 aliphatic heterocycles. The van der Waals surface area contributed by atoms with Crippen molar-refractivity contribution in [3.63, 3.8) is 0 Å². The smallest absolute Gasteiger partial charge is 0.328 e. The van der Waals surface area contributed by atoms with E-state index in [-0.39, 0.29) is 24.7 Å². The van der Waals surface area contributed by atoms with Gasteiger partial charge in [0.25, 0.3) is 5.09 Å². The molecule has 1 aromatic rings. The molecule has 0 radical (unpaired) electrons. The molecule has 1 rings (SSSR count). The van der Waals surface area contributed by atoms with E-state index in [0.717, 1.165) is 0 Å². The van der Waals surface area contributed by atoms with Crippen LogP contribution in [0.4, 0.5) is 0 Å². The molecule has 9 nitrogen and oxygen atoms in total. The molecular formula is C16H22N2O7. The number of carbonyl (C=O) groups is 2. The average Bonchev–Trinajstić information content (AvgIpc) is 2.51. The molecule has 1 aromatic carbocycles. The third-order valence-electron chi connectivity index (χ3n) is 3.44. The monoisotopic (exact) mass is 354 g/mol. The average molecular weight is 354 g/mol. The number of rotatable bonds is 10. The topological polar surface area (TPSA) is 142 Å². The summed E-state index contributed by atoms with van der Waals surface area (Å²) in [5.41, 5.74) is 6.33. The van der Waals surface area contributed by atoms with Crippen molar-refractivity contribution >= 4 is 11.9 Å². The second-order valence-corrected chi connectivity index (χ2v) is 6.08. The van der Waals surface area contributed by atoms with Crippen LogP contribution in [0.3, 0.4) is 0 Å². The Balaban J connectivity index is 2.76. The van der Waals surface area contributed by atoms with E-state index in [1.54, 1.807) is 12.1 Å². The lowest BCUT2D eigenvalue weighted by Gasteiger charge is -2.22. The lowest BCUT2D eigenvalue weighted by atomic mass is 9.88. The number of ether oxygens (including phenoxy) is 1. The molecule has 0 aliphatic carbocycles. The minimum Gasteiger partial charge on any atom is -0.481 e. The maximum atomic E-state index is 12.2. The molecule has 25 heavy (non-hydrogen) atoms. The fourth-order valence-corrected chi connectivity index (χ4v) is 2.39. The van der Waals surface area contributed by atoms with Crippen molar-refractivity contribution in [2.24, 2.45) is 17.6 Å². The lowest BCUT2D eigenvalue weighted by molar-refractivity contribution is -0.763. The second kappa shape index (κ2) is 9.58. The first kappa shape index (κ1) is 20.4. The Morgan fingerprint density at radius 3 is 2.60 bits per heavy atom. The summed E-state index contributed by atoms with van der Waals surface area (Å²) in [5, 5.41) is 18.3. The fourth-order valence-electron chi connectivity index (χ4n) is 2.39. The number of aliphatic carboxylic acids is 1. The molecule has 0 bridgehead atoms. The van der Waals surface area contributed by atoms with Crippen molar-refractivity contribution in [1.82, 2.24) is 0 Å². The number of benzene rings is 1. The summed E-state index contributed by atoms with van der Waals surface area (Å²) in [6, 6.07) is 4.96. The molecule has 0 saturated heterocycles. The van der Waals surface area contributed by atoms with Crippen LogP contribution in [0.2, 0.25) is 0 Å². The van der Waals surface area contributed by atoms with Crippen LogP contribution in [0.5, 0.6) is 5.75 Å². The zero-order chi connectivity index (χ0) is 19.0. The van der Waals surface area contributed by atoms with Crippen LogP contribution in [0.1, 0.15) is 32.3 Å². The molecule has 3 N–H and O–H groups in total. The molecule has 2 atom stereocenters. The molecule has 0 aliphatic rings. The van der Waals surface area contributed by atoms with Gasteiger partial charge >= 0.3 is 11.9 Å². The third kappa shape index (κ3) is 7.62. The maximum Gasteiger partial charge on any atom is 0.328 e. The van der Waals surface area contributed by atoms with Crippen molar-refractivity contribution in [2.75, 3.05) is 0 Å². The molecular weight excluding hydrogens is 332 g/mol. The van der Waals surface area contributed by atoms with Gasteiger partial charge in [0, 0.05) is 0 Å². The van der Waals surface area contributed by atoms with Crippen LogP contribution in [-0.2, 0) is 21.0 Å². The van der Waals surface area contributed by atoms with E-state index in [2.05, 4.69) is 4.84 Å². The maximum absolute atomic E-state index is 12.2. The highest BCUT2D eigenvalue weighted by Gasteiger charge is 2.29. The fraction of sp³-hybridized carbons (Fsp3) is 0.500. The predicted octanol–water partition coefficient (Wildman–Crippen LogP) is 1.76. The standard InChI is InChI=1S/C16H22N2O7/c1-10(2)6-12(8-14(19)20)15(17)16(21)25-13-5-3-4-11(7-13)9-24-18(22)23/h3-5,7,10,12,15H,6,8-9,17H2,1-2H3,(H,19,20)/t12?,15-/m0/s1. The van der Waals surface area contributed by atoms with Crippen LogP contribution in [0.15, 0.2) is 24.3 Å². The van der Waals surface area contributed by atoms with Gasteiger partial charge in [-0.25, -0.2) is 4.79 Å². The van der Waals surface area contributed by atoms with Gasteiger partial charge in [-0.15, -0.1) is 10.1 Å². The van der Waals surface area contributed by atoms with E-state index in [1.165, 1.54) is 12.1 Å². The largest absolute Gasteiger partial charge is 0.481 e. The molecule has 0 fully saturated rings. The van der Waals surface area contributed by atoms with Crippen molar-refractivity contribution < 1.29 is 29.4 Å². The molecule has 0 saturated carbocycles. The molecule has 9 heteroatoms. The second-order valence-electron chi connectivity index (χ2n) is 6.08. The Kier molecular flexibility index (Phi) is 7.80. The van der Waals surface area contributed by atoms with Crippen molar-refractivity contribution in [1.29, 1.82) is 0 Å². The lowest BCUT2D eigenvalue weighted by Crippen LogP contribution is -2.42. The number of carboxylic acids is 1.